The summed E-state index contributed by atoms with van der Waals surface area (Å²) in [5, 5.41) is 18.3. The van der Waals surface area contributed by atoms with Crippen LogP contribution in [0.15, 0.2) is 42.5 Å². The first-order chi connectivity index (χ1) is 9.06. The molecule has 0 aliphatic carbocycles. The molecule has 0 spiro atoms. The highest BCUT2D eigenvalue weighted by molar-refractivity contribution is 5.91. The molecule has 3 nitrogen and oxygen atoms in total. The summed E-state index contributed by atoms with van der Waals surface area (Å²) in [5.74, 6) is -1.77. The second-order valence-electron chi connectivity index (χ2n) is 3.97. The average Bonchev–Trinajstić information content (AvgIpc) is 2.39. The van der Waals surface area contributed by atoms with Crippen LogP contribution in [0.25, 0.3) is 12.2 Å². The molecule has 0 amide bonds. The Labute approximate surface area is 109 Å². The fourth-order valence-corrected chi connectivity index (χ4v) is 1.59. The number of carboxylic acid groups (broad SMARTS) is 1. The lowest BCUT2D eigenvalue weighted by molar-refractivity contribution is 0.0693. The van der Waals surface area contributed by atoms with E-state index in [1.165, 1.54) is 24.3 Å². The number of carbonyl (C=O) groups is 1. The molecule has 0 heterocycles. The summed E-state index contributed by atoms with van der Waals surface area (Å²) in [5.41, 5.74) is 1.28. The number of benzene rings is 2. The number of phenols is 1. The third kappa shape index (κ3) is 3.19. The summed E-state index contributed by atoms with van der Waals surface area (Å²) >= 11 is 0. The van der Waals surface area contributed by atoms with E-state index < -0.39 is 5.97 Å². The Hall–Kier alpha value is -2.62. The van der Waals surface area contributed by atoms with Gasteiger partial charge in [-0.2, -0.15) is 0 Å². The van der Waals surface area contributed by atoms with Gasteiger partial charge in [0.25, 0.3) is 0 Å². The molecule has 0 saturated carbocycles. The fourth-order valence-electron chi connectivity index (χ4n) is 1.59. The minimum Gasteiger partial charge on any atom is -0.507 e. The average molecular weight is 258 g/mol. The lowest BCUT2D eigenvalue weighted by Gasteiger charge is -2.01. The van der Waals surface area contributed by atoms with Crippen LogP contribution in [0.4, 0.5) is 4.39 Å². The molecule has 2 aromatic rings. The molecule has 0 radical (unpaired) electrons. The van der Waals surface area contributed by atoms with Gasteiger partial charge in [-0.1, -0.05) is 30.4 Å². The highest BCUT2D eigenvalue weighted by atomic mass is 19.1. The molecule has 96 valence electrons. The van der Waals surface area contributed by atoms with Gasteiger partial charge < -0.3 is 10.2 Å². The van der Waals surface area contributed by atoms with Gasteiger partial charge in [-0.05, 0) is 35.4 Å². The normalized spacial score (nSPS) is 10.8. The van der Waals surface area contributed by atoms with Crippen molar-refractivity contribution in [3.05, 3.63) is 65.0 Å². The maximum atomic E-state index is 12.7. The summed E-state index contributed by atoms with van der Waals surface area (Å²) in [7, 11) is 0. The molecule has 0 aromatic heterocycles. The van der Waals surface area contributed by atoms with Crippen molar-refractivity contribution < 1.29 is 19.4 Å². The van der Waals surface area contributed by atoms with Crippen LogP contribution in [-0.4, -0.2) is 16.2 Å². The van der Waals surface area contributed by atoms with E-state index >= 15 is 0 Å². The zero-order valence-electron chi connectivity index (χ0n) is 9.88. The van der Waals surface area contributed by atoms with Gasteiger partial charge in [0.05, 0.1) is 0 Å². The summed E-state index contributed by atoms with van der Waals surface area (Å²) < 4.78 is 12.7. The lowest BCUT2D eigenvalue weighted by atomic mass is 10.1. The predicted octanol–water partition coefficient (Wildman–Crippen LogP) is 3.40. The van der Waals surface area contributed by atoms with E-state index in [0.717, 1.165) is 5.56 Å². The van der Waals surface area contributed by atoms with Crippen LogP contribution < -0.4 is 0 Å². The molecule has 2 N–H and O–H groups in total. The molecule has 0 fully saturated rings. The van der Waals surface area contributed by atoms with Crippen LogP contribution >= 0.6 is 0 Å². The molecule has 0 atom stereocenters. The topological polar surface area (TPSA) is 57.5 Å². The Morgan fingerprint density at radius 2 is 1.58 bits per heavy atom. The highest BCUT2D eigenvalue weighted by Gasteiger charge is 2.08. The zero-order chi connectivity index (χ0) is 13.8. The smallest absolute Gasteiger partial charge is 0.339 e. The number of halogens is 1. The van der Waals surface area contributed by atoms with Crippen molar-refractivity contribution in [2.45, 2.75) is 0 Å². The maximum absolute atomic E-state index is 12.7. The summed E-state index contributed by atoms with van der Waals surface area (Å²) in [6.07, 6.45) is 3.43. The molecule has 0 aliphatic rings. The second kappa shape index (κ2) is 5.35. The molecule has 19 heavy (non-hydrogen) atoms. The van der Waals surface area contributed by atoms with Crippen LogP contribution in [0.1, 0.15) is 21.5 Å². The largest absolute Gasteiger partial charge is 0.507 e. The van der Waals surface area contributed by atoms with E-state index in [4.69, 9.17) is 5.11 Å². The summed E-state index contributed by atoms with van der Waals surface area (Å²) in [6, 6.07) is 10.2. The molecule has 2 rings (SSSR count). The number of carboxylic acids is 1. The minimum absolute atomic E-state index is 0.152. The van der Waals surface area contributed by atoms with Crippen LogP contribution in [0, 0.1) is 5.82 Å². The SMILES string of the molecule is O=C(O)c1cc(C=Cc2ccc(F)cc2)ccc1O. The third-order valence-electron chi connectivity index (χ3n) is 2.59. The zero-order valence-corrected chi connectivity index (χ0v) is 9.88. The molecular weight excluding hydrogens is 247 g/mol. The lowest BCUT2D eigenvalue weighted by Crippen LogP contribution is -1.96. The standard InChI is InChI=1S/C15H11FO3/c16-12-6-3-10(4-7-12)1-2-11-5-8-14(17)13(9-11)15(18)19/h1-9,17H,(H,18,19). The fraction of sp³-hybridized carbons (Fsp3) is 0. The number of aromatic hydroxyl groups is 1. The Morgan fingerprint density at radius 3 is 2.21 bits per heavy atom. The quantitative estimate of drug-likeness (QED) is 0.829. The second-order valence-corrected chi connectivity index (χ2v) is 3.97. The molecule has 0 aliphatic heterocycles. The number of hydrogen-bond donors (Lipinski definition) is 2. The van der Waals surface area contributed by atoms with Crippen molar-refractivity contribution in [3.63, 3.8) is 0 Å². The van der Waals surface area contributed by atoms with Crippen molar-refractivity contribution in [2.24, 2.45) is 0 Å². The van der Waals surface area contributed by atoms with Gasteiger partial charge in [0, 0.05) is 0 Å². The molecule has 0 unspecified atom stereocenters. The Morgan fingerprint density at radius 1 is 1.00 bits per heavy atom. The van der Waals surface area contributed by atoms with Crippen molar-refractivity contribution in [1.29, 1.82) is 0 Å². The number of rotatable bonds is 3. The van der Waals surface area contributed by atoms with Crippen LogP contribution in [0.5, 0.6) is 5.75 Å². The van der Waals surface area contributed by atoms with E-state index in [1.807, 2.05) is 0 Å². The van der Waals surface area contributed by atoms with E-state index in [-0.39, 0.29) is 17.1 Å². The third-order valence-corrected chi connectivity index (χ3v) is 2.59. The van der Waals surface area contributed by atoms with Gasteiger partial charge >= 0.3 is 5.97 Å². The first kappa shape index (κ1) is 12.8. The Balaban J connectivity index is 2.26. The molecule has 0 saturated heterocycles. The minimum atomic E-state index is -1.19. The van der Waals surface area contributed by atoms with E-state index in [2.05, 4.69) is 0 Å². The first-order valence-corrected chi connectivity index (χ1v) is 5.56. The van der Waals surface area contributed by atoms with Crippen LogP contribution in [0.2, 0.25) is 0 Å². The number of hydrogen-bond acceptors (Lipinski definition) is 2. The predicted molar refractivity (Wildman–Crippen MR) is 70.4 cm³/mol. The Kier molecular flexibility index (Phi) is 3.61. The van der Waals surface area contributed by atoms with Crippen molar-refractivity contribution >= 4 is 18.1 Å². The number of aromatic carboxylic acids is 1. The van der Waals surface area contributed by atoms with Crippen LogP contribution in [-0.2, 0) is 0 Å². The summed E-state index contributed by atoms with van der Waals surface area (Å²) in [6.45, 7) is 0. The van der Waals surface area contributed by atoms with Gasteiger partial charge in [-0.25, -0.2) is 9.18 Å². The van der Waals surface area contributed by atoms with Crippen LogP contribution in [0.3, 0.4) is 0 Å². The summed E-state index contributed by atoms with van der Waals surface area (Å²) in [4.78, 5) is 10.9. The molecule has 4 heteroatoms. The van der Waals surface area contributed by atoms with E-state index in [9.17, 15) is 14.3 Å². The first-order valence-electron chi connectivity index (χ1n) is 5.56. The van der Waals surface area contributed by atoms with E-state index in [0.29, 0.717) is 5.56 Å². The Bertz CT molecular complexity index is 630. The molecule has 0 bridgehead atoms. The van der Waals surface area contributed by atoms with Gasteiger partial charge in [0.1, 0.15) is 17.1 Å². The monoisotopic (exact) mass is 258 g/mol. The maximum Gasteiger partial charge on any atom is 0.339 e. The highest BCUT2D eigenvalue weighted by Crippen LogP contribution is 2.20. The van der Waals surface area contributed by atoms with Crippen molar-refractivity contribution in [1.82, 2.24) is 0 Å². The van der Waals surface area contributed by atoms with Gasteiger partial charge in [0.2, 0.25) is 0 Å². The van der Waals surface area contributed by atoms with E-state index in [1.54, 1.807) is 30.4 Å². The van der Waals surface area contributed by atoms with Gasteiger partial charge in [-0.3, -0.25) is 0 Å². The van der Waals surface area contributed by atoms with Crippen molar-refractivity contribution in [2.75, 3.05) is 0 Å². The van der Waals surface area contributed by atoms with Gasteiger partial charge in [0.15, 0.2) is 0 Å². The molecule has 2 aromatic carbocycles. The molecular formula is C15H11FO3. The van der Waals surface area contributed by atoms with Crippen molar-refractivity contribution in [3.8, 4) is 5.75 Å². The van der Waals surface area contributed by atoms with Gasteiger partial charge in [-0.15, -0.1) is 0 Å².